The van der Waals surface area contributed by atoms with Gasteiger partial charge < -0.3 is 10.2 Å². The van der Waals surface area contributed by atoms with Gasteiger partial charge >= 0.3 is 0 Å². The average Bonchev–Trinajstić information content (AvgIpc) is 3.22. The molecule has 2 amide bonds. The topological polar surface area (TPSA) is 62.3 Å². The molecule has 1 aliphatic heterocycles. The van der Waals surface area contributed by atoms with Gasteiger partial charge in [-0.3, -0.25) is 14.6 Å². The van der Waals surface area contributed by atoms with Crippen LogP contribution in [-0.4, -0.2) is 34.8 Å². The predicted molar refractivity (Wildman–Crippen MR) is 97.9 cm³/mol. The fourth-order valence-corrected chi connectivity index (χ4v) is 3.98. The molecule has 4 rings (SSSR count). The van der Waals surface area contributed by atoms with E-state index in [0.717, 1.165) is 24.0 Å². The Morgan fingerprint density at radius 1 is 1.22 bits per heavy atom. The Morgan fingerprint density at radius 2 is 2.04 bits per heavy atom. The zero-order chi connectivity index (χ0) is 18.9. The maximum atomic E-state index is 13.0. The summed E-state index contributed by atoms with van der Waals surface area (Å²) in [6.07, 6.45) is 5.43. The molecule has 1 aromatic heterocycles. The third-order valence-corrected chi connectivity index (χ3v) is 5.70. The number of likely N-dealkylation sites (tertiary alicyclic amines) is 1. The van der Waals surface area contributed by atoms with E-state index in [1.165, 1.54) is 12.1 Å². The fraction of sp³-hybridized carbons (Fsp3) is 0.381. The number of nitrogens with one attached hydrogen (secondary N) is 1. The number of hydrogen-bond donors (Lipinski definition) is 1. The lowest BCUT2D eigenvalue weighted by atomic mass is 10.0. The summed E-state index contributed by atoms with van der Waals surface area (Å²) in [7, 11) is 0. The molecule has 0 radical (unpaired) electrons. The highest BCUT2D eigenvalue weighted by Crippen LogP contribution is 2.58. The van der Waals surface area contributed by atoms with Crippen LogP contribution in [0.2, 0.25) is 0 Å². The second-order valence-electron chi connectivity index (χ2n) is 7.57. The first-order valence-electron chi connectivity index (χ1n) is 9.25. The second kappa shape index (κ2) is 7.10. The lowest BCUT2D eigenvalue weighted by Crippen LogP contribution is -2.32. The summed E-state index contributed by atoms with van der Waals surface area (Å²) < 4.78 is 13.0. The molecule has 0 bridgehead atoms. The van der Waals surface area contributed by atoms with Crippen LogP contribution in [-0.2, 0) is 22.6 Å². The van der Waals surface area contributed by atoms with Gasteiger partial charge in [0.2, 0.25) is 11.8 Å². The third-order valence-electron chi connectivity index (χ3n) is 5.70. The number of carbonyl (C=O) groups excluding carboxylic acids is 2. The molecular weight excluding hydrogens is 345 g/mol. The van der Waals surface area contributed by atoms with Crippen molar-refractivity contribution in [2.75, 3.05) is 13.1 Å². The van der Waals surface area contributed by atoms with Crippen LogP contribution in [0.3, 0.4) is 0 Å². The number of halogens is 1. The highest BCUT2D eigenvalue weighted by molar-refractivity contribution is 5.84. The summed E-state index contributed by atoms with van der Waals surface area (Å²) in [6.45, 7) is 1.80. The summed E-state index contributed by atoms with van der Waals surface area (Å²) in [5.74, 6) is -0.214. The van der Waals surface area contributed by atoms with Gasteiger partial charge in [0.25, 0.3) is 0 Å². The maximum absolute atomic E-state index is 13.0. The molecule has 2 aliphatic rings. The zero-order valence-corrected chi connectivity index (χ0v) is 15.0. The van der Waals surface area contributed by atoms with Crippen LogP contribution in [0.1, 0.15) is 24.0 Å². The van der Waals surface area contributed by atoms with E-state index in [0.29, 0.717) is 19.6 Å². The van der Waals surface area contributed by atoms with Gasteiger partial charge in [0.05, 0.1) is 6.42 Å². The van der Waals surface area contributed by atoms with Gasteiger partial charge in [-0.1, -0.05) is 18.2 Å². The molecule has 2 fully saturated rings. The highest BCUT2D eigenvalue weighted by Gasteiger charge is 2.61. The molecule has 1 aliphatic carbocycles. The van der Waals surface area contributed by atoms with Crippen LogP contribution in [0.25, 0.3) is 0 Å². The summed E-state index contributed by atoms with van der Waals surface area (Å²) in [4.78, 5) is 30.9. The summed E-state index contributed by atoms with van der Waals surface area (Å²) in [5, 5.41) is 2.98. The van der Waals surface area contributed by atoms with E-state index < -0.39 is 0 Å². The Balaban J connectivity index is 1.28. The maximum Gasteiger partial charge on any atom is 0.227 e. The molecule has 2 aromatic rings. The summed E-state index contributed by atoms with van der Waals surface area (Å²) in [6, 6.07) is 9.81. The first-order chi connectivity index (χ1) is 13.1. The van der Waals surface area contributed by atoms with Crippen LogP contribution in [0.5, 0.6) is 0 Å². The minimum absolute atomic E-state index is 0.0159. The van der Waals surface area contributed by atoms with Crippen molar-refractivity contribution in [3.8, 4) is 0 Å². The Morgan fingerprint density at radius 3 is 2.78 bits per heavy atom. The van der Waals surface area contributed by atoms with Gasteiger partial charge in [-0.25, -0.2) is 4.39 Å². The van der Waals surface area contributed by atoms with Gasteiger partial charge in [-0.05, 0) is 42.2 Å². The lowest BCUT2D eigenvalue weighted by molar-refractivity contribution is -0.130. The Bertz CT molecular complexity index is 840. The molecule has 1 spiro atoms. The van der Waals surface area contributed by atoms with E-state index in [1.54, 1.807) is 24.5 Å². The lowest BCUT2D eigenvalue weighted by Gasteiger charge is -2.17. The van der Waals surface area contributed by atoms with Gasteiger partial charge in [-0.2, -0.15) is 0 Å². The number of nitrogens with zero attached hydrogens (tertiary/aromatic N) is 2. The molecule has 2 atom stereocenters. The molecule has 27 heavy (non-hydrogen) atoms. The number of rotatable bonds is 5. The van der Waals surface area contributed by atoms with Crippen molar-refractivity contribution in [1.82, 2.24) is 15.2 Å². The quantitative estimate of drug-likeness (QED) is 0.882. The van der Waals surface area contributed by atoms with Crippen molar-refractivity contribution in [1.29, 1.82) is 0 Å². The molecule has 0 unspecified atom stereocenters. The van der Waals surface area contributed by atoms with E-state index in [9.17, 15) is 14.0 Å². The summed E-state index contributed by atoms with van der Waals surface area (Å²) >= 11 is 0. The Labute approximate surface area is 157 Å². The van der Waals surface area contributed by atoms with E-state index in [1.807, 2.05) is 17.0 Å². The molecular formula is C21H22FN3O2. The van der Waals surface area contributed by atoms with Crippen LogP contribution in [0, 0.1) is 17.2 Å². The largest absolute Gasteiger partial charge is 0.352 e. The van der Waals surface area contributed by atoms with E-state index in [4.69, 9.17) is 0 Å². The van der Waals surface area contributed by atoms with Crippen molar-refractivity contribution in [2.24, 2.45) is 11.3 Å². The molecule has 2 heterocycles. The number of hydrogen-bond acceptors (Lipinski definition) is 3. The van der Waals surface area contributed by atoms with Gasteiger partial charge in [0.15, 0.2) is 0 Å². The Kier molecular flexibility index (Phi) is 4.64. The Hall–Kier alpha value is -2.76. The summed E-state index contributed by atoms with van der Waals surface area (Å²) in [5.41, 5.74) is 1.73. The predicted octanol–water partition coefficient (Wildman–Crippen LogP) is 2.32. The smallest absolute Gasteiger partial charge is 0.227 e. The van der Waals surface area contributed by atoms with Gasteiger partial charge in [0.1, 0.15) is 5.82 Å². The molecule has 1 saturated carbocycles. The van der Waals surface area contributed by atoms with Crippen molar-refractivity contribution >= 4 is 11.8 Å². The number of aromatic nitrogens is 1. The van der Waals surface area contributed by atoms with Crippen LogP contribution in [0.4, 0.5) is 4.39 Å². The second-order valence-corrected chi connectivity index (χ2v) is 7.57. The fourth-order valence-electron chi connectivity index (χ4n) is 3.98. The standard InChI is InChI=1S/C21H22FN3O2/c22-17-5-3-15(4-6-17)10-19(26)25-9-7-21(14-25)11-18(21)20(27)24-13-16-2-1-8-23-12-16/h1-6,8,12,18H,7,9-11,13-14H2,(H,24,27)/t18-,21-/m1/s1. The van der Waals surface area contributed by atoms with Crippen molar-refractivity contribution in [2.45, 2.75) is 25.8 Å². The first-order valence-corrected chi connectivity index (χ1v) is 9.25. The van der Waals surface area contributed by atoms with Crippen LogP contribution >= 0.6 is 0 Å². The molecule has 1 N–H and O–H groups in total. The van der Waals surface area contributed by atoms with Crippen LogP contribution < -0.4 is 5.32 Å². The number of benzene rings is 1. The van der Waals surface area contributed by atoms with Crippen molar-refractivity contribution in [3.05, 3.63) is 65.7 Å². The molecule has 1 aromatic carbocycles. The molecule has 6 heteroatoms. The third kappa shape index (κ3) is 3.84. The highest BCUT2D eigenvalue weighted by atomic mass is 19.1. The minimum atomic E-state index is -0.301. The van der Waals surface area contributed by atoms with E-state index in [2.05, 4.69) is 10.3 Å². The van der Waals surface area contributed by atoms with Crippen molar-refractivity contribution < 1.29 is 14.0 Å². The normalized spacial score (nSPS) is 23.4. The first kappa shape index (κ1) is 17.6. The van der Waals surface area contributed by atoms with E-state index >= 15 is 0 Å². The van der Waals surface area contributed by atoms with E-state index in [-0.39, 0.29) is 35.4 Å². The van der Waals surface area contributed by atoms with Gasteiger partial charge in [-0.15, -0.1) is 0 Å². The minimum Gasteiger partial charge on any atom is -0.352 e. The van der Waals surface area contributed by atoms with Crippen molar-refractivity contribution in [3.63, 3.8) is 0 Å². The number of pyridine rings is 1. The zero-order valence-electron chi connectivity index (χ0n) is 15.0. The number of carbonyl (C=O) groups is 2. The molecule has 1 saturated heterocycles. The number of amides is 2. The monoisotopic (exact) mass is 367 g/mol. The molecule has 5 nitrogen and oxygen atoms in total. The molecule has 140 valence electrons. The van der Waals surface area contributed by atoms with Gasteiger partial charge in [0, 0.05) is 43.4 Å². The SMILES string of the molecule is O=C(NCc1cccnc1)[C@H]1C[C@@]12CCN(C(=O)Cc1ccc(F)cc1)C2. The average molecular weight is 367 g/mol. The van der Waals surface area contributed by atoms with Crippen LogP contribution in [0.15, 0.2) is 48.8 Å².